The van der Waals surface area contributed by atoms with E-state index in [2.05, 4.69) is 9.71 Å². The Bertz CT molecular complexity index is 476. The molecule has 0 atom stereocenters. The maximum absolute atomic E-state index is 11.8. The molecule has 102 valence electrons. The van der Waals surface area contributed by atoms with Crippen molar-refractivity contribution in [3.63, 3.8) is 0 Å². The molecule has 0 aromatic carbocycles. The summed E-state index contributed by atoms with van der Waals surface area (Å²) in [5.41, 5.74) is 1.84. The first-order valence-corrected chi connectivity index (χ1v) is 7.12. The van der Waals surface area contributed by atoms with Crippen molar-refractivity contribution in [2.75, 3.05) is 20.2 Å². The molecule has 0 bridgehead atoms. The summed E-state index contributed by atoms with van der Waals surface area (Å²) in [4.78, 5) is 3.95. The van der Waals surface area contributed by atoms with Crippen LogP contribution in [0.15, 0.2) is 18.5 Å². The summed E-state index contributed by atoms with van der Waals surface area (Å²) >= 11 is 0. The minimum Gasteiger partial charge on any atom is -0.396 e. The van der Waals surface area contributed by atoms with E-state index < -0.39 is 10.2 Å². The molecule has 1 rings (SSSR count). The van der Waals surface area contributed by atoms with Crippen molar-refractivity contribution in [3.8, 4) is 0 Å². The second kappa shape index (κ2) is 6.79. The molecule has 0 unspecified atom stereocenters. The molecule has 1 aromatic rings. The summed E-state index contributed by atoms with van der Waals surface area (Å²) in [5, 5.41) is 8.68. The van der Waals surface area contributed by atoms with E-state index in [1.165, 1.54) is 11.4 Å². The van der Waals surface area contributed by atoms with Crippen LogP contribution in [0, 0.1) is 6.92 Å². The van der Waals surface area contributed by atoms with Crippen molar-refractivity contribution in [2.24, 2.45) is 0 Å². The lowest BCUT2D eigenvalue weighted by Crippen LogP contribution is -2.38. The van der Waals surface area contributed by atoms with Crippen molar-refractivity contribution in [3.05, 3.63) is 29.6 Å². The van der Waals surface area contributed by atoms with Gasteiger partial charge < -0.3 is 5.11 Å². The maximum atomic E-state index is 11.8. The fraction of sp³-hybridized carbons (Fsp3) is 0.545. The van der Waals surface area contributed by atoms with Crippen LogP contribution in [0.1, 0.15) is 17.5 Å². The van der Waals surface area contributed by atoms with Crippen molar-refractivity contribution < 1.29 is 13.5 Å². The van der Waals surface area contributed by atoms with Gasteiger partial charge in [0, 0.05) is 39.1 Å². The molecule has 0 fully saturated rings. The SMILES string of the molecule is Cc1cnccc1CNS(=O)(=O)N(C)CCCO. The van der Waals surface area contributed by atoms with Crippen molar-refractivity contribution in [1.29, 1.82) is 0 Å². The van der Waals surface area contributed by atoms with Gasteiger partial charge in [-0.3, -0.25) is 4.98 Å². The van der Waals surface area contributed by atoms with E-state index in [-0.39, 0.29) is 13.2 Å². The van der Waals surface area contributed by atoms with Crippen LogP contribution in [-0.2, 0) is 16.8 Å². The third kappa shape index (κ3) is 4.34. The molecule has 0 amide bonds. The average Bonchev–Trinajstić information content (AvgIpc) is 2.35. The molecule has 2 N–H and O–H groups in total. The highest BCUT2D eigenvalue weighted by molar-refractivity contribution is 7.87. The minimum atomic E-state index is -3.50. The number of aliphatic hydroxyl groups excluding tert-OH is 1. The highest BCUT2D eigenvalue weighted by atomic mass is 32.2. The number of rotatable bonds is 7. The van der Waals surface area contributed by atoms with Crippen molar-refractivity contribution in [2.45, 2.75) is 19.9 Å². The van der Waals surface area contributed by atoms with Crippen molar-refractivity contribution >= 4 is 10.2 Å². The topological polar surface area (TPSA) is 82.5 Å². The zero-order valence-electron chi connectivity index (χ0n) is 10.6. The van der Waals surface area contributed by atoms with Gasteiger partial charge in [-0.2, -0.15) is 17.4 Å². The molecule has 0 saturated carbocycles. The van der Waals surface area contributed by atoms with E-state index in [1.807, 2.05) is 6.92 Å². The van der Waals surface area contributed by atoms with E-state index in [0.717, 1.165) is 11.1 Å². The van der Waals surface area contributed by atoms with Gasteiger partial charge in [0.05, 0.1) is 0 Å². The Kier molecular flexibility index (Phi) is 5.67. The normalized spacial score (nSPS) is 12.0. The largest absolute Gasteiger partial charge is 0.396 e. The molecule has 0 spiro atoms. The zero-order chi connectivity index (χ0) is 13.6. The molecule has 0 radical (unpaired) electrons. The summed E-state index contributed by atoms with van der Waals surface area (Å²) in [5.74, 6) is 0. The Labute approximate surface area is 108 Å². The molecule has 1 aromatic heterocycles. The molecule has 0 aliphatic heterocycles. The molecule has 0 aliphatic carbocycles. The van der Waals surface area contributed by atoms with Gasteiger partial charge in [0.25, 0.3) is 10.2 Å². The third-order valence-electron chi connectivity index (χ3n) is 2.62. The molecule has 0 saturated heterocycles. The van der Waals surface area contributed by atoms with Crippen LogP contribution in [0.2, 0.25) is 0 Å². The van der Waals surface area contributed by atoms with E-state index >= 15 is 0 Å². The second-order valence-electron chi connectivity index (χ2n) is 4.03. The summed E-state index contributed by atoms with van der Waals surface area (Å²) in [6.07, 6.45) is 3.75. The number of nitrogens with zero attached hydrogens (tertiary/aromatic N) is 2. The molecule has 18 heavy (non-hydrogen) atoms. The van der Waals surface area contributed by atoms with Crippen molar-refractivity contribution in [1.82, 2.24) is 14.0 Å². The van der Waals surface area contributed by atoms with Gasteiger partial charge in [0.15, 0.2) is 0 Å². The number of aliphatic hydroxyl groups is 1. The Morgan fingerprint density at radius 2 is 2.22 bits per heavy atom. The van der Waals surface area contributed by atoms with Gasteiger partial charge in [-0.1, -0.05) is 0 Å². The smallest absolute Gasteiger partial charge is 0.279 e. The zero-order valence-corrected chi connectivity index (χ0v) is 11.4. The van der Waals surface area contributed by atoms with E-state index in [9.17, 15) is 8.42 Å². The Hall–Kier alpha value is -1.02. The first-order chi connectivity index (χ1) is 8.47. The van der Waals surface area contributed by atoms with E-state index in [1.54, 1.807) is 18.5 Å². The summed E-state index contributed by atoms with van der Waals surface area (Å²) in [6, 6.07) is 1.78. The van der Waals surface area contributed by atoms with Crippen LogP contribution in [0.3, 0.4) is 0 Å². The van der Waals surface area contributed by atoms with Gasteiger partial charge in [-0.05, 0) is 30.5 Å². The first kappa shape index (κ1) is 15.0. The number of hydrogen-bond donors (Lipinski definition) is 2. The van der Waals surface area contributed by atoms with Crippen LogP contribution < -0.4 is 4.72 Å². The lowest BCUT2D eigenvalue weighted by Gasteiger charge is -2.17. The monoisotopic (exact) mass is 273 g/mol. The molecule has 6 nitrogen and oxygen atoms in total. The predicted molar refractivity (Wildman–Crippen MR) is 69.1 cm³/mol. The predicted octanol–water partition coefficient (Wildman–Crippen LogP) is 0.0386. The molecule has 1 heterocycles. The molecular weight excluding hydrogens is 254 g/mol. The first-order valence-electron chi connectivity index (χ1n) is 5.68. The highest BCUT2D eigenvalue weighted by Gasteiger charge is 2.16. The Morgan fingerprint density at radius 3 is 2.83 bits per heavy atom. The lowest BCUT2D eigenvalue weighted by molar-refractivity contribution is 0.275. The number of aryl methyl sites for hydroxylation is 1. The Balaban J connectivity index is 2.59. The fourth-order valence-corrected chi connectivity index (χ4v) is 2.32. The summed E-state index contributed by atoms with van der Waals surface area (Å²) < 4.78 is 27.4. The van der Waals surface area contributed by atoms with Crippen LogP contribution in [0.25, 0.3) is 0 Å². The van der Waals surface area contributed by atoms with Crippen LogP contribution in [-0.4, -0.2) is 43.0 Å². The van der Waals surface area contributed by atoms with E-state index in [4.69, 9.17) is 5.11 Å². The average molecular weight is 273 g/mol. The number of pyridine rings is 1. The number of hydrogen-bond acceptors (Lipinski definition) is 4. The van der Waals surface area contributed by atoms with Crippen LogP contribution >= 0.6 is 0 Å². The highest BCUT2D eigenvalue weighted by Crippen LogP contribution is 2.05. The maximum Gasteiger partial charge on any atom is 0.279 e. The second-order valence-corrected chi connectivity index (χ2v) is 5.89. The van der Waals surface area contributed by atoms with Gasteiger partial charge in [0.1, 0.15) is 0 Å². The third-order valence-corrected chi connectivity index (χ3v) is 4.14. The van der Waals surface area contributed by atoms with Crippen LogP contribution in [0.4, 0.5) is 0 Å². The molecule has 7 heteroatoms. The van der Waals surface area contributed by atoms with Gasteiger partial charge in [0.2, 0.25) is 0 Å². The van der Waals surface area contributed by atoms with E-state index in [0.29, 0.717) is 13.0 Å². The molecule has 0 aliphatic rings. The Morgan fingerprint density at radius 1 is 1.50 bits per heavy atom. The number of nitrogens with one attached hydrogen (secondary N) is 1. The summed E-state index contributed by atoms with van der Waals surface area (Å²) in [7, 11) is -2.01. The lowest BCUT2D eigenvalue weighted by atomic mass is 10.2. The van der Waals surface area contributed by atoms with Gasteiger partial charge >= 0.3 is 0 Å². The summed E-state index contributed by atoms with van der Waals surface area (Å²) in [6.45, 7) is 2.39. The standard InChI is InChI=1S/C11H19N3O3S/c1-10-8-12-5-4-11(10)9-13-18(16,17)14(2)6-3-7-15/h4-5,8,13,15H,3,6-7,9H2,1-2H3. The van der Waals surface area contributed by atoms with Gasteiger partial charge in [-0.25, -0.2) is 0 Å². The fourth-order valence-electron chi connectivity index (χ4n) is 1.39. The quantitative estimate of drug-likeness (QED) is 0.735. The van der Waals surface area contributed by atoms with Gasteiger partial charge in [-0.15, -0.1) is 0 Å². The minimum absolute atomic E-state index is 0.0245. The molecular formula is C11H19N3O3S. The number of aromatic nitrogens is 1. The van der Waals surface area contributed by atoms with Crippen LogP contribution in [0.5, 0.6) is 0 Å².